The van der Waals surface area contributed by atoms with Crippen LogP contribution in [-0.4, -0.2) is 47.7 Å². The summed E-state index contributed by atoms with van der Waals surface area (Å²) in [4.78, 5) is 10.8. The summed E-state index contributed by atoms with van der Waals surface area (Å²) in [5.74, 6) is -1.23. The van der Waals surface area contributed by atoms with Crippen molar-refractivity contribution in [3.63, 3.8) is 0 Å². The van der Waals surface area contributed by atoms with Gasteiger partial charge in [-0.1, -0.05) is 0 Å². The largest absolute Gasteiger partial charge is 0.480 e. The molecule has 0 aromatic rings. The van der Waals surface area contributed by atoms with Crippen LogP contribution in [0, 0.1) is 11.3 Å². The van der Waals surface area contributed by atoms with Crippen molar-refractivity contribution in [2.75, 3.05) is 13.1 Å². The molecule has 0 amide bonds. The van der Waals surface area contributed by atoms with Crippen molar-refractivity contribution < 1.29 is 18.3 Å². The van der Waals surface area contributed by atoms with Gasteiger partial charge in [-0.05, 0) is 13.3 Å². The summed E-state index contributed by atoms with van der Waals surface area (Å²) in [5.41, 5.74) is 4.00. The molecule has 1 fully saturated rings. The fourth-order valence-corrected chi connectivity index (χ4v) is 2.82. The van der Waals surface area contributed by atoms with Gasteiger partial charge in [-0.2, -0.15) is 9.57 Å². The zero-order valence-corrected chi connectivity index (χ0v) is 9.57. The molecule has 0 aromatic heterocycles. The maximum absolute atomic E-state index is 11.7. The first-order valence-corrected chi connectivity index (χ1v) is 6.15. The zero-order chi connectivity index (χ0) is 12.6. The van der Waals surface area contributed by atoms with Crippen molar-refractivity contribution in [2.45, 2.75) is 24.1 Å². The van der Waals surface area contributed by atoms with Gasteiger partial charge in [0.25, 0.3) is 0 Å². The first-order chi connectivity index (χ1) is 7.24. The Morgan fingerprint density at radius 2 is 2.25 bits per heavy atom. The zero-order valence-electron chi connectivity index (χ0n) is 8.75. The Balaban J connectivity index is 2.90. The fourth-order valence-electron chi connectivity index (χ4n) is 1.48. The van der Waals surface area contributed by atoms with Crippen LogP contribution in [0.5, 0.6) is 0 Å². The highest BCUT2D eigenvalue weighted by Gasteiger charge is 2.46. The number of carboxylic acid groups (broad SMARTS) is 1. The monoisotopic (exact) mass is 247 g/mol. The molecular formula is C8H13N3O4S. The van der Waals surface area contributed by atoms with E-state index in [4.69, 9.17) is 16.1 Å². The number of sulfonamides is 1. The van der Waals surface area contributed by atoms with Crippen LogP contribution in [0.2, 0.25) is 0 Å². The van der Waals surface area contributed by atoms with Crippen LogP contribution in [0.1, 0.15) is 13.3 Å². The average Bonchev–Trinajstić information content (AvgIpc) is 2.61. The summed E-state index contributed by atoms with van der Waals surface area (Å²) in [6.45, 7) is 1.01. The molecule has 1 heterocycles. The van der Waals surface area contributed by atoms with Gasteiger partial charge in [0.2, 0.25) is 10.0 Å². The summed E-state index contributed by atoms with van der Waals surface area (Å²) in [6.07, 6.45) is 0.0553. The van der Waals surface area contributed by atoms with Crippen molar-refractivity contribution in [2.24, 2.45) is 5.73 Å². The molecule has 0 bridgehead atoms. The van der Waals surface area contributed by atoms with Gasteiger partial charge >= 0.3 is 5.97 Å². The lowest BCUT2D eigenvalue weighted by Crippen LogP contribution is -2.51. The third kappa shape index (κ3) is 2.02. The Hall–Kier alpha value is -1.17. The van der Waals surface area contributed by atoms with E-state index in [1.807, 2.05) is 0 Å². The standard InChI is InChI=1S/C8H13N3O4S/c1-6(4-9)16(14,15)11-3-2-8(10,5-11)7(12)13/h6H,2-3,5,10H2,1H3,(H,12,13). The number of rotatable bonds is 3. The molecular weight excluding hydrogens is 234 g/mol. The summed E-state index contributed by atoms with van der Waals surface area (Å²) >= 11 is 0. The van der Waals surface area contributed by atoms with E-state index in [0.29, 0.717) is 0 Å². The SMILES string of the molecule is CC(C#N)S(=O)(=O)N1CCC(N)(C(=O)O)C1. The molecule has 1 aliphatic rings. The predicted molar refractivity (Wildman–Crippen MR) is 54.7 cm³/mol. The minimum absolute atomic E-state index is 0.0388. The van der Waals surface area contributed by atoms with Gasteiger partial charge in [-0.3, -0.25) is 4.79 Å². The molecule has 7 nitrogen and oxygen atoms in total. The second-order valence-corrected chi connectivity index (χ2v) is 6.11. The van der Waals surface area contributed by atoms with Crippen LogP contribution in [0.4, 0.5) is 0 Å². The third-order valence-corrected chi connectivity index (χ3v) is 4.71. The molecule has 2 atom stereocenters. The first-order valence-electron chi connectivity index (χ1n) is 4.65. The Bertz CT molecular complexity index is 441. The number of aliphatic carboxylic acids is 1. The predicted octanol–water partition coefficient (Wildman–Crippen LogP) is -1.28. The van der Waals surface area contributed by atoms with Gasteiger partial charge in [0, 0.05) is 13.1 Å². The topological polar surface area (TPSA) is 124 Å². The number of nitriles is 1. The van der Waals surface area contributed by atoms with Gasteiger partial charge < -0.3 is 10.8 Å². The van der Waals surface area contributed by atoms with E-state index in [1.54, 1.807) is 6.07 Å². The van der Waals surface area contributed by atoms with Gasteiger partial charge in [-0.25, -0.2) is 8.42 Å². The van der Waals surface area contributed by atoms with Gasteiger partial charge in [0.1, 0.15) is 5.54 Å². The maximum Gasteiger partial charge on any atom is 0.325 e. The van der Waals surface area contributed by atoms with Crippen LogP contribution in [0.15, 0.2) is 0 Å². The van der Waals surface area contributed by atoms with Gasteiger partial charge in [0.15, 0.2) is 5.25 Å². The lowest BCUT2D eigenvalue weighted by Gasteiger charge is -2.20. The molecule has 1 aliphatic heterocycles. The number of nitrogens with zero attached hydrogens (tertiary/aromatic N) is 2. The van der Waals surface area contributed by atoms with Gasteiger partial charge in [-0.15, -0.1) is 0 Å². The van der Waals surface area contributed by atoms with Crippen LogP contribution >= 0.6 is 0 Å². The van der Waals surface area contributed by atoms with Crippen molar-refractivity contribution in [1.82, 2.24) is 4.31 Å². The van der Waals surface area contributed by atoms with E-state index in [-0.39, 0.29) is 19.5 Å². The molecule has 90 valence electrons. The second-order valence-electron chi connectivity index (χ2n) is 3.86. The van der Waals surface area contributed by atoms with Crippen LogP contribution in [0.3, 0.4) is 0 Å². The Labute approximate surface area is 93.5 Å². The minimum Gasteiger partial charge on any atom is -0.480 e. The third-order valence-electron chi connectivity index (χ3n) is 2.68. The first kappa shape index (κ1) is 12.9. The smallest absolute Gasteiger partial charge is 0.325 e. The van der Waals surface area contributed by atoms with Crippen molar-refractivity contribution in [1.29, 1.82) is 5.26 Å². The average molecular weight is 247 g/mol. The van der Waals surface area contributed by atoms with Crippen LogP contribution < -0.4 is 5.73 Å². The van der Waals surface area contributed by atoms with E-state index < -0.39 is 26.8 Å². The molecule has 0 radical (unpaired) electrons. The van der Waals surface area contributed by atoms with E-state index in [0.717, 1.165) is 4.31 Å². The molecule has 16 heavy (non-hydrogen) atoms. The van der Waals surface area contributed by atoms with E-state index in [2.05, 4.69) is 0 Å². The number of carbonyl (C=O) groups is 1. The molecule has 8 heteroatoms. The van der Waals surface area contributed by atoms with E-state index >= 15 is 0 Å². The highest BCUT2D eigenvalue weighted by molar-refractivity contribution is 7.90. The summed E-state index contributed by atoms with van der Waals surface area (Å²) < 4.78 is 24.4. The summed E-state index contributed by atoms with van der Waals surface area (Å²) in [5, 5.41) is 16.2. The summed E-state index contributed by atoms with van der Waals surface area (Å²) in [7, 11) is -3.76. The number of carboxylic acids is 1. The van der Waals surface area contributed by atoms with Crippen molar-refractivity contribution >= 4 is 16.0 Å². The molecule has 0 aliphatic carbocycles. The van der Waals surface area contributed by atoms with E-state index in [9.17, 15) is 13.2 Å². The highest BCUT2D eigenvalue weighted by atomic mass is 32.2. The maximum atomic E-state index is 11.7. The van der Waals surface area contributed by atoms with Gasteiger partial charge in [0.05, 0.1) is 6.07 Å². The molecule has 2 unspecified atom stereocenters. The quantitative estimate of drug-likeness (QED) is 0.639. The number of hydrogen-bond acceptors (Lipinski definition) is 5. The Morgan fingerprint density at radius 1 is 1.69 bits per heavy atom. The lowest BCUT2D eigenvalue weighted by atomic mass is 10.0. The molecule has 0 spiro atoms. The fraction of sp³-hybridized carbons (Fsp3) is 0.750. The second kappa shape index (κ2) is 4.01. The number of hydrogen-bond donors (Lipinski definition) is 2. The lowest BCUT2D eigenvalue weighted by molar-refractivity contribution is -0.142. The van der Waals surface area contributed by atoms with Crippen molar-refractivity contribution in [3.8, 4) is 6.07 Å². The Kier molecular flexibility index (Phi) is 3.23. The molecule has 3 N–H and O–H groups in total. The number of nitrogens with two attached hydrogens (primary N) is 1. The molecule has 1 rings (SSSR count). The van der Waals surface area contributed by atoms with Crippen LogP contribution in [-0.2, 0) is 14.8 Å². The molecule has 1 saturated heterocycles. The van der Waals surface area contributed by atoms with Crippen LogP contribution in [0.25, 0.3) is 0 Å². The normalized spacial score (nSPS) is 28.6. The van der Waals surface area contributed by atoms with Crippen molar-refractivity contribution in [3.05, 3.63) is 0 Å². The molecule has 0 saturated carbocycles. The minimum atomic E-state index is -3.76. The summed E-state index contributed by atoms with van der Waals surface area (Å²) in [6, 6.07) is 1.62. The Morgan fingerprint density at radius 3 is 2.62 bits per heavy atom. The van der Waals surface area contributed by atoms with E-state index in [1.165, 1.54) is 6.92 Å². The highest BCUT2D eigenvalue weighted by Crippen LogP contribution is 2.23. The molecule has 0 aromatic carbocycles.